The highest BCUT2D eigenvalue weighted by Gasteiger charge is 2.29. The molecule has 2 amide bonds. The van der Waals surface area contributed by atoms with E-state index in [0.717, 1.165) is 28.9 Å². The Morgan fingerprint density at radius 1 is 1.14 bits per heavy atom. The Hall–Kier alpha value is -3.41. The number of benzene rings is 1. The number of nitrogens with one attached hydrogen (secondary N) is 2. The molecule has 3 aromatic rings. The summed E-state index contributed by atoms with van der Waals surface area (Å²) < 4.78 is 0. The van der Waals surface area contributed by atoms with E-state index in [1.807, 2.05) is 56.3 Å². The molecule has 0 saturated carbocycles. The summed E-state index contributed by atoms with van der Waals surface area (Å²) in [4.78, 5) is 34.7. The highest BCUT2D eigenvalue weighted by Crippen LogP contribution is 2.20. The van der Waals surface area contributed by atoms with E-state index in [1.54, 1.807) is 17.2 Å². The number of aromatic amines is 1. The van der Waals surface area contributed by atoms with Gasteiger partial charge in [0.25, 0.3) is 11.8 Å². The lowest BCUT2D eigenvalue weighted by molar-refractivity contribution is 0.0778. The molecule has 6 heteroatoms. The summed E-state index contributed by atoms with van der Waals surface area (Å²) >= 11 is 0. The molecule has 1 aliphatic heterocycles. The molecule has 0 radical (unpaired) electrons. The second-order valence-corrected chi connectivity index (χ2v) is 7.50. The maximum absolute atomic E-state index is 12.9. The van der Waals surface area contributed by atoms with Crippen molar-refractivity contribution in [1.82, 2.24) is 20.2 Å². The third-order valence-electron chi connectivity index (χ3n) is 5.30. The molecular weight excluding hydrogens is 364 g/mol. The normalized spacial score (nSPS) is 16.1. The summed E-state index contributed by atoms with van der Waals surface area (Å²) in [6.45, 7) is 4.87. The lowest BCUT2D eigenvalue weighted by Crippen LogP contribution is -2.38. The number of carbonyl (C=O) groups is 2. The second kappa shape index (κ2) is 7.91. The topological polar surface area (TPSA) is 78.1 Å². The van der Waals surface area contributed by atoms with Crippen molar-refractivity contribution in [1.29, 1.82) is 0 Å². The van der Waals surface area contributed by atoms with Crippen molar-refractivity contribution in [3.63, 3.8) is 0 Å². The van der Waals surface area contributed by atoms with Gasteiger partial charge in [-0.1, -0.05) is 30.3 Å². The van der Waals surface area contributed by atoms with Crippen LogP contribution < -0.4 is 5.32 Å². The van der Waals surface area contributed by atoms with Crippen LogP contribution in [0.3, 0.4) is 0 Å². The molecule has 1 saturated heterocycles. The molecule has 4 rings (SSSR count). The minimum atomic E-state index is -0.112. The smallest absolute Gasteiger partial charge is 0.270 e. The minimum Gasteiger partial charge on any atom is -0.351 e. The number of aromatic nitrogens is 2. The molecule has 2 aromatic heterocycles. The van der Waals surface area contributed by atoms with Crippen molar-refractivity contribution in [3.8, 4) is 11.3 Å². The number of carbonyl (C=O) groups excluding carboxylic acids is 2. The van der Waals surface area contributed by atoms with Gasteiger partial charge in [-0.3, -0.25) is 14.6 Å². The minimum absolute atomic E-state index is 0.0418. The summed E-state index contributed by atoms with van der Waals surface area (Å²) in [7, 11) is 0. The Labute approximate surface area is 170 Å². The van der Waals surface area contributed by atoms with Crippen molar-refractivity contribution in [2.24, 2.45) is 0 Å². The van der Waals surface area contributed by atoms with Gasteiger partial charge < -0.3 is 15.2 Å². The van der Waals surface area contributed by atoms with Crippen LogP contribution in [0, 0.1) is 13.8 Å². The lowest BCUT2D eigenvalue weighted by atomic mass is 10.1. The van der Waals surface area contributed by atoms with Crippen molar-refractivity contribution in [2.75, 3.05) is 13.1 Å². The molecule has 0 bridgehead atoms. The van der Waals surface area contributed by atoms with Gasteiger partial charge in [-0.05, 0) is 49.6 Å². The van der Waals surface area contributed by atoms with Crippen LogP contribution in [-0.2, 0) is 0 Å². The third kappa shape index (κ3) is 4.06. The van der Waals surface area contributed by atoms with Crippen LogP contribution in [-0.4, -0.2) is 45.8 Å². The van der Waals surface area contributed by atoms with E-state index < -0.39 is 0 Å². The number of hydrogen-bond donors (Lipinski definition) is 2. The van der Waals surface area contributed by atoms with Gasteiger partial charge >= 0.3 is 0 Å². The fourth-order valence-corrected chi connectivity index (χ4v) is 3.67. The van der Waals surface area contributed by atoms with Gasteiger partial charge in [0.2, 0.25) is 0 Å². The van der Waals surface area contributed by atoms with Gasteiger partial charge in [0.15, 0.2) is 0 Å². The Morgan fingerprint density at radius 2 is 1.93 bits per heavy atom. The average molecular weight is 388 g/mol. The molecule has 1 aliphatic rings. The summed E-state index contributed by atoms with van der Waals surface area (Å²) in [6.07, 6.45) is 2.46. The fraction of sp³-hybridized carbons (Fsp3) is 0.261. The summed E-state index contributed by atoms with van der Waals surface area (Å²) in [6, 6.07) is 15.4. The molecular formula is C23H24N4O2. The first-order valence-electron chi connectivity index (χ1n) is 9.79. The number of rotatable bonds is 4. The monoisotopic (exact) mass is 388 g/mol. The number of H-pyrrole nitrogens is 1. The summed E-state index contributed by atoms with van der Waals surface area (Å²) in [5, 5.41) is 3.06. The quantitative estimate of drug-likeness (QED) is 0.720. The number of pyridine rings is 1. The van der Waals surface area contributed by atoms with Gasteiger partial charge in [-0.25, -0.2) is 0 Å². The van der Waals surface area contributed by atoms with Crippen LogP contribution >= 0.6 is 0 Å². The van der Waals surface area contributed by atoms with Gasteiger partial charge in [-0.2, -0.15) is 0 Å². The van der Waals surface area contributed by atoms with Gasteiger partial charge in [-0.15, -0.1) is 0 Å². The van der Waals surface area contributed by atoms with Crippen LogP contribution in [0.5, 0.6) is 0 Å². The SMILES string of the molecule is Cc1cc(C(=O)N[C@@H]2CCN(C(=O)c3ccc(-c4ccccc4)[nH]3)C2)c(C)cn1. The van der Waals surface area contributed by atoms with Crippen LogP contribution in [0.25, 0.3) is 11.3 Å². The Bertz CT molecular complexity index is 1040. The Balaban J connectivity index is 1.39. The molecule has 3 heterocycles. The van der Waals surface area contributed by atoms with E-state index in [9.17, 15) is 9.59 Å². The van der Waals surface area contributed by atoms with Crippen LogP contribution in [0.2, 0.25) is 0 Å². The molecule has 0 unspecified atom stereocenters. The average Bonchev–Trinajstić information content (AvgIpc) is 3.40. The van der Waals surface area contributed by atoms with E-state index in [0.29, 0.717) is 24.3 Å². The first kappa shape index (κ1) is 18.9. The van der Waals surface area contributed by atoms with Crippen LogP contribution in [0.4, 0.5) is 0 Å². The van der Waals surface area contributed by atoms with Gasteiger partial charge in [0, 0.05) is 42.3 Å². The molecule has 0 spiro atoms. The van der Waals surface area contributed by atoms with Crippen LogP contribution in [0.15, 0.2) is 54.7 Å². The number of hydrogen-bond acceptors (Lipinski definition) is 3. The standard InChI is InChI=1S/C23H24N4O2/c1-15-13-24-16(2)12-19(15)22(28)25-18-10-11-27(14-18)23(29)21-9-8-20(26-21)17-6-4-3-5-7-17/h3-9,12-13,18,26H,10-11,14H2,1-2H3,(H,25,28)/t18-/m1/s1. The molecule has 0 aliphatic carbocycles. The number of nitrogens with zero attached hydrogens (tertiary/aromatic N) is 2. The third-order valence-corrected chi connectivity index (χ3v) is 5.30. The van der Waals surface area contributed by atoms with Crippen molar-refractivity contribution >= 4 is 11.8 Å². The highest BCUT2D eigenvalue weighted by atomic mass is 16.2. The fourth-order valence-electron chi connectivity index (χ4n) is 3.67. The number of likely N-dealkylation sites (tertiary alicyclic amines) is 1. The van der Waals surface area contributed by atoms with Crippen molar-refractivity contribution in [2.45, 2.75) is 26.3 Å². The summed E-state index contributed by atoms with van der Waals surface area (Å²) in [5.74, 6) is -0.154. The molecule has 1 aromatic carbocycles. The molecule has 2 N–H and O–H groups in total. The van der Waals surface area contributed by atoms with E-state index in [2.05, 4.69) is 15.3 Å². The summed E-state index contributed by atoms with van der Waals surface area (Å²) in [5.41, 5.74) is 4.82. The number of aryl methyl sites for hydroxylation is 2. The van der Waals surface area contributed by atoms with Crippen LogP contribution in [0.1, 0.15) is 38.5 Å². The van der Waals surface area contributed by atoms with Crippen molar-refractivity contribution in [3.05, 3.63) is 77.2 Å². The second-order valence-electron chi connectivity index (χ2n) is 7.50. The van der Waals surface area contributed by atoms with Gasteiger partial charge in [0.1, 0.15) is 5.69 Å². The molecule has 148 valence electrons. The predicted molar refractivity (Wildman–Crippen MR) is 112 cm³/mol. The lowest BCUT2D eigenvalue weighted by Gasteiger charge is -2.17. The molecule has 29 heavy (non-hydrogen) atoms. The van der Waals surface area contributed by atoms with Crippen molar-refractivity contribution < 1.29 is 9.59 Å². The van der Waals surface area contributed by atoms with E-state index in [-0.39, 0.29) is 17.9 Å². The van der Waals surface area contributed by atoms with E-state index in [1.165, 1.54) is 0 Å². The number of amides is 2. The zero-order valence-electron chi connectivity index (χ0n) is 16.6. The maximum Gasteiger partial charge on any atom is 0.270 e. The maximum atomic E-state index is 12.9. The Morgan fingerprint density at radius 3 is 2.72 bits per heavy atom. The zero-order valence-corrected chi connectivity index (χ0v) is 16.6. The first-order valence-corrected chi connectivity index (χ1v) is 9.79. The van der Waals surface area contributed by atoms with E-state index >= 15 is 0 Å². The molecule has 1 fully saturated rings. The Kier molecular flexibility index (Phi) is 5.16. The van der Waals surface area contributed by atoms with E-state index in [4.69, 9.17) is 0 Å². The zero-order chi connectivity index (χ0) is 20.4. The molecule has 1 atom stereocenters. The largest absolute Gasteiger partial charge is 0.351 e. The highest BCUT2D eigenvalue weighted by molar-refractivity contribution is 5.96. The molecule has 6 nitrogen and oxygen atoms in total. The van der Waals surface area contributed by atoms with Gasteiger partial charge in [0.05, 0.1) is 0 Å². The first-order chi connectivity index (χ1) is 14.0. The predicted octanol–water partition coefficient (Wildman–Crippen LogP) is 3.34.